The molecule has 1 N–H and O–H groups in total. The number of rotatable bonds is 5. The molecule has 3 aromatic heterocycles. The molecule has 190 valence electrons. The van der Waals surface area contributed by atoms with Crippen molar-refractivity contribution in [2.75, 3.05) is 0 Å². The third kappa shape index (κ3) is 4.49. The van der Waals surface area contributed by atoms with E-state index in [-0.39, 0.29) is 11.7 Å². The van der Waals surface area contributed by atoms with E-state index in [4.69, 9.17) is 4.74 Å². The average molecular weight is 506 g/mol. The van der Waals surface area contributed by atoms with Gasteiger partial charge in [-0.1, -0.05) is 41.5 Å². The molecule has 1 fully saturated rings. The van der Waals surface area contributed by atoms with Crippen molar-refractivity contribution in [2.45, 2.75) is 44.8 Å². The smallest absolute Gasteiger partial charge is 0.244 e. The number of allylic oxidation sites excluding steroid dienone is 1. The lowest BCUT2D eigenvalue weighted by molar-refractivity contribution is -0.129. The maximum absolute atomic E-state index is 14.1. The molecule has 0 unspecified atom stereocenters. The highest BCUT2D eigenvalue weighted by molar-refractivity contribution is 6.33. The number of nitrogens with zero attached hydrogens (tertiary/aromatic N) is 4. The Labute approximate surface area is 220 Å². The molecule has 6 rings (SSSR count). The van der Waals surface area contributed by atoms with Crippen molar-refractivity contribution >= 4 is 28.7 Å². The summed E-state index contributed by atoms with van der Waals surface area (Å²) in [7, 11) is 0. The summed E-state index contributed by atoms with van der Waals surface area (Å²) in [6, 6.07) is 15.5. The molecule has 0 radical (unpaired) electrons. The van der Waals surface area contributed by atoms with Gasteiger partial charge in [0.05, 0.1) is 5.57 Å². The predicted molar refractivity (Wildman–Crippen MR) is 142 cm³/mol. The molecule has 8 heteroatoms. The summed E-state index contributed by atoms with van der Waals surface area (Å²) in [5.74, 6) is 0.426. The van der Waals surface area contributed by atoms with Gasteiger partial charge in [0.15, 0.2) is 11.2 Å². The molecule has 1 spiro atoms. The van der Waals surface area contributed by atoms with Crippen molar-refractivity contribution in [3.05, 3.63) is 107 Å². The van der Waals surface area contributed by atoms with Gasteiger partial charge in [-0.3, -0.25) is 14.6 Å². The quantitative estimate of drug-likeness (QED) is 0.402. The van der Waals surface area contributed by atoms with Crippen molar-refractivity contribution in [2.24, 2.45) is 0 Å². The van der Waals surface area contributed by atoms with E-state index in [1.165, 1.54) is 6.33 Å². The molecular formula is C30H27N5O3. The van der Waals surface area contributed by atoms with Crippen LogP contribution in [-0.4, -0.2) is 36.9 Å². The van der Waals surface area contributed by atoms with Gasteiger partial charge < -0.3 is 10.1 Å². The predicted octanol–water partition coefficient (Wildman–Crippen LogP) is 4.46. The Balaban J connectivity index is 1.24. The largest absolute Gasteiger partial charge is 0.478 e. The second-order valence-electron chi connectivity index (χ2n) is 9.86. The minimum absolute atomic E-state index is 0.00290. The molecule has 2 aliphatic rings. The molecule has 4 aromatic rings. The van der Waals surface area contributed by atoms with Gasteiger partial charge in [-0.15, -0.1) is 0 Å². The van der Waals surface area contributed by atoms with Crippen LogP contribution in [0.5, 0.6) is 0 Å². The fourth-order valence-electron chi connectivity index (χ4n) is 5.22. The fourth-order valence-corrected chi connectivity index (χ4v) is 5.22. The Morgan fingerprint density at radius 2 is 2.00 bits per heavy atom. The third-order valence-electron chi connectivity index (χ3n) is 7.23. The van der Waals surface area contributed by atoms with E-state index < -0.39 is 5.60 Å². The minimum atomic E-state index is -0.949. The highest BCUT2D eigenvalue weighted by atomic mass is 16.5. The zero-order valence-electron chi connectivity index (χ0n) is 21.1. The number of ketones is 1. The maximum Gasteiger partial charge on any atom is 0.244 e. The van der Waals surface area contributed by atoms with Gasteiger partial charge in [-0.25, -0.2) is 9.50 Å². The molecule has 1 saturated carbocycles. The van der Waals surface area contributed by atoms with Crippen LogP contribution in [0.4, 0.5) is 0 Å². The molecule has 38 heavy (non-hydrogen) atoms. The van der Waals surface area contributed by atoms with Gasteiger partial charge in [-0.2, -0.15) is 5.10 Å². The fraction of sp³-hybridized carbons (Fsp3) is 0.233. The second-order valence-corrected chi connectivity index (χ2v) is 9.86. The summed E-state index contributed by atoms with van der Waals surface area (Å²) in [6.45, 7) is 2.43. The number of aryl methyl sites for hydroxylation is 1. The summed E-state index contributed by atoms with van der Waals surface area (Å²) in [6.07, 6.45) is 10.7. The Hall–Kier alpha value is -4.59. The summed E-state index contributed by atoms with van der Waals surface area (Å²) in [4.78, 5) is 34.9. The number of carbonyl (C=O) groups is 2. The van der Waals surface area contributed by atoms with Crippen molar-refractivity contribution in [3.8, 4) is 0 Å². The van der Waals surface area contributed by atoms with Crippen LogP contribution in [0.25, 0.3) is 17.0 Å². The molecule has 0 saturated heterocycles. The number of hydrogen-bond acceptors (Lipinski definition) is 6. The summed E-state index contributed by atoms with van der Waals surface area (Å²) < 4.78 is 8.29. The zero-order chi connectivity index (χ0) is 26.1. The van der Waals surface area contributed by atoms with Crippen LogP contribution < -0.4 is 5.32 Å². The molecule has 0 atom stereocenters. The van der Waals surface area contributed by atoms with E-state index >= 15 is 0 Å². The van der Waals surface area contributed by atoms with Crippen molar-refractivity contribution < 1.29 is 14.3 Å². The number of nitrogens with one attached hydrogen (secondary N) is 1. The standard InChI is InChI=1S/C30H27N5O3/c1-20-4-2-6-23(14-20)27-28(24-7-8-25-33-19-34-35(25)18-24)38-30(29(27)37)11-9-21(10-12-30)15-26(36)32-17-22-5-3-13-31-16-22/h2-8,13-16,18-19H,9-12,17H2,1H3,(H,32,36). The number of ether oxygens (including phenoxy) is 1. The summed E-state index contributed by atoms with van der Waals surface area (Å²) >= 11 is 0. The third-order valence-corrected chi connectivity index (χ3v) is 7.23. The Morgan fingerprint density at radius 3 is 2.79 bits per heavy atom. The van der Waals surface area contributed by atoms with Gasteiger partial charge in [-0.05, 0) is 61.9 Å². The zero-order valence-corrected chi connectivity index (χ0v) is 21.1. The number of hydrogen-bond donors (Lipinski definition) is 1. The monoisotopic (exact) mass is 505 g/mol. The van der Waals surface area contributed by atoms with Crippen LogP contribution in [-0.2, 0) is 20.9 Å². The maximum atomic E-state index is 14.1. The van der Waals surface area contributed by atoms with Gasteiger partial charge in [0, 0.05) is 36.8 Å². The number of benzene rings is 1. The number of fused-ring (bicyclic) bond motifs is 1. The number of aromatic nitrogens is 4. The number of carbonyl (C=O) groups excluding carboxylic acids is 2. The van der Waals surface area contributed by atoms with Crippen LogP contribution in [0.2, 0.25) is 0 Å². The second kappa shape index (κ2) is 9.70. The Kier molecular flexibility index (Phi) is 6.07. The SMILES string of the molecule is Cc1cccc(C2=C(c3ccc4ncnn4c3)OC3(CCC(=CC(=O)NCc4cccnc4)CC3)C2=O)c1. The molecule has 4 heterocycles. The van der Waals surface area contributed by atoms with Gasteiger partial charge in [0.2, 0.25) is 11.7 Å². The normalized spacial score (nSPS) is 19.2. The highest BCUT2D eigenvalue weighted by Gasteiger charge is 2.51. The van der Waals surface area contributed by atoms with Gasteiger partial charge >= 0.3 is 0 Å². The van der Waals surface area contributed by atoms with Crippen LogP contribution in [0.1, 0.15) is 47.9 Å². The first-order chi connectivity index (χ1) is 18.5. The first-order valence-corrected chi connectivity index (χ1v) is 12.7. The summed E-state index contributed by atoms with van der Waals surface area (Å²) in [5, 5.41) is 7.17. The lowest BCUT2D eigenvalue weighted by Gasteiger charge is -2.33. The first kappa shape index (κ1) is 23.8. The van der Waals surface area contributed by atoms with E-state index in [0.717, 1.165) is 33.5 Å². The number of pyridine rings is 2. The molecule has 8 nitrogen and oxygen atoms in total. The van der Waals surface area contributed by atoms with E-state index in [2.05, 4.69) is 20.4 Å². The van der Waals surface area contributed by atoms with Crippen molar-refractivity contribution in [1.29, 1.82) is 0 Å². The Morgan fingerprint density at radius 1 is 1.13 bits per heavy atom. The van der Waals surface area contributed by atoms with E-state index in [1.807, 2.05) is 61.7 Å². The van der Waals surface area contributed by atoms with E-state index in [0.29, 0.717) is 43.6 Å². The minimum Gasteiger partial charge on any atom is -0.478 e. The van der Waals surface area contributed by atoms with Crippen LogP contribution in [0.3, 0.4) is 0 Å². The first-order valence-electron chi connectivity index (χ1n) is 12.7. The topological polar surface area (TPSA) is 98.5 Å². The molecule has 1 aliphatic carbocycles. The van der Waals surface area contributed by atoms with E-state index in [9.17, 15) is 9.59 Å². The molecule has 1 aliphatic heterocycles. The lowest BCUT2D eigenvalue weighted by Crippen LogP contribution is -2.40. The van der Waals surface area contributed by atoms with Crippen LogP contribution >= 0.6 is 0 Å². The average Bonchev–Trinajstić information content (AvgIpc) is 3.52. The van der Waals surface area contributed by atoms with Crippen molar-refractivity contribution in [1.82, 2.24) is 24.9 Å². The number of Topliss-reactive ketones (excluding diaryl/α,β-unsaturated/α-hetero) is 1. The Bertz CT molecular complexity index is 1590. The lowest BCUT2D eigenvalue weighted by atomic mass is 9.77. The van der Waals surface area contributed by atoms with Crippen LogP contribution in [0.15, 0.2) is 85.1 Å². The summed E-state index contributed by atoms with van der Waals surface area (Å²) in [5.41, 5.74) is 5.02. The van der Waals surface area contributed by atoms with Crippen molar-refractivity contribution in [3.63, 3.8) is 0 Å². The van der Waals surface area contributed by atoms with Gasteiger partial charge in [0.25, 0.3) is 0 Å². The highest BCUT2D eigenvalue weighted by Crippen LogP contribution is 2.48. The molecule has 1 amide bonds. The van der Waals surface area contributed by atoms with Gasteiger partial charge in [0.1, 0.15) is 12.1 Å². The molecule has 1 aromatic carbocycles. The molecule has 0 bridgehead atoms. The van der Waals surface area contributed by atoms with Crippen LogP contribution in [0, 0.1) is 6.92 Å². The molecular weight excluding hydrogens is 478 g/mol. The number of amides is 1. The van der Waals surface area contributed by atoms with E-state index in [1.54, 1.807) is 23.0 Å².